The van der Waals surface area contributed by atoms with Crippen molar-refractivity contribution in [2.24, 2.45) is 4.99 Å². The topological polar surface area (TPSA) is 65.5 Å². The molecule has 1 aliphatic heterocycles. The summed E-state index contributed by atoms with van der Waals surface area (Å²) >= 11 is 6.45. The van der Waals surface area contributed by atoms with Gasteiger partial charge in [-0.15, -0.1) is 0 Å². The van der Waals surface area contributed by atoms with Gasteiger partial charge < -0.3 is 19.4 Å². The van der Waals surface area contributed by atoms with Crippen molar-refractivity contribution in [2.45, 2.75) is 53.1 Å². The van der Waals surface area contributed by atoms with Gasteiger partial charge >= 0.3 is 6.09 Å². The van der Waals surface area contributed by atoms with Gasteiger partial charge in [-0.05, 0) is 57.7 Å². The van der Waals surface area contributed by atoms with Gasteiger partial charge in [-0.25, -0.2) is 9.79 Å². The number of carbonyl (C=O) groups is 2. The molecule has 0 atom stereocenters. The molecule has 8 heteroatoms. The Morgan fingerprint density at radius 2 is 1.68 bits per heavy atom. The average molecular weight is 539 g/mol. The number of likely N-dealkylation sites (N-methyl/N-ethyl adjacent to an activating group) is 1. The molecule has 2 amide bonds. The summed E-state index contributed by atoms with van der Waals surface area (Å²) < 4.78 is 5.52. The number of amides is 2. The molecule has 204 valence electrons. The standard InChI is InChI=1S/C30H39ClN4O3/c1-7-8-16-26(31)32-27(34-17-19-35(20-18-34)29(37)38-30(3,4)5)21-22(2)28(36)33(6)25-15-11-13-23-12-9-10-14-24(23)25/h9-16,21H,7-8,17-20H2,1-6H3/b22-21+,26-16+,32-27+. The summed E-state index contributed by atoms with van der Waals surface area (Å²) in [5, 5.41) is 2.47. The number of unbranched alkanes of at least 4 members (excludes halogenated alkanes) is 1. The minimum Gasteiger partial charge on any atom is -0.444 e. The predicted octanol–water partition coefficient (Wildman–Crippen LogP) is 6.58. The Hall–Kier alpha value is -3.32. The maximum absolute atomic E-state index is 13.5. The number of rotatable bonds is 6. The molecule has 0 spiro atoms. The number of anilines is 1. The van der Waals surface area contributed by atoms with Gasteiger partial charge in [-0.2, -0.15) is 0 Å². The van der Waals surface area contributed by atoms with Crippen molar-refractivity contribution in [2.75, 3.05) is 38.1 Å². The Labute approximate surface area is 231 Å². The Morgan fingerprint density at radius 1 is 1.05 bits per heavy atom. The van der Waals surface area contributed by atoms with Crippen LogP contribution in [0.3, 0.4) is 0 Å². The van der Waals surface area contributed by atoms with Crippen LogP contribution in [0.1, 0.15) is 47.5 Å². The molecule has 2 aromatic carbocycles. The molecule has 1 saturated heterocycles. The van der Waals surface area contributed by atoms with Gasteiger partial charge in [0.15, 0.2) is 0 Å². The Kier molecular flexibility index (Phi) is 9.97. The van der Waals surface area contributed by atoms with Gasteiger partial charge in [0.2, 0.25) is 0 Å². The summed E-state index contributed by atoms with van der Waals surface area (Å²) in [7, 11) is 1.78. The van der Waals surface area contributed by atoms with E-state index in [-0.39, 0.29) is 12.0 Å². The van der Waals surface area contributed by atoms with E-state index in [4.69, 9.17) is 16.3 Å². The van der Waals surface area contributed by atoms with Crippen molar-refractivity contribution in [1.29, 1.82) is 0 Å². The van der Waals surface area contributed by atoms with Crippen molar-refractivity contribution in [3.05, 3.63) is 65.3 Å². The lowest BCUT2D eigenvalue weighted by Gasteiger charge is -2.36. The minimum absolute atomic E-state index is 0.130. The molecule has 1 heterocycles. The molecule has 1 fully saturated rings. The Bertz CT molecular complexity index is 1230. The number of piperazine rings is 1. The first kappa shape index (κ1) is 29.2. The molecule has 2 aromatic rings. The number of aliphatic imine (C=N–C) groups is 1. The van der Waals surface area contributed by atoms with E-state index in [1.807, 2.05) is 69.3 Å². The third-order valence-electron chi connectivity index (χ3n) is 6.19. The van der Waals surface area contributed by atoms with Gasteiger partial charge in [0.25, 0.3) is 5.91 Å². The monoisotopic (exact) mass is 538 g/mol. The fourth-order valence-corrected chi connectivity index (χ4v) is 4.38. The number of fused-ring (bicyclic) bond motifs is 1. The van der Waals surface area contributed by atoms with E-state index in [1.165, 1.54) is 0 Å². The molecular weight excluding hydrogens is 500 g/mol. The van der Waals surface area contributed by atoms with Crippen molar-refractivity contribution < 1.29 is 14.3 Å². The molecule has 0 N–H and O–H groups in total. The van der Waals surface area contributed by atoms with E-state index in [2.05, 4.69) is 16.8 Å². The molecule has 7 nitrogen and oxygen atoms in total. The lowest BCUT2D eigenvalue weighted by molar-refractivity contribution is -0.114. The largest absolute Gasteiger partial charge is 0.444 e. The van der Waals surface area contributed by atoms with Crippen LogP contribution in [-0.4, -0.2) is 66.5 Å². The Morgan fingerprint density at radius 3 is 2.34 bits per heavy atom. The maximum atomic E-state index is 13.5. The summed E-state index contributed by atoms with van der Waals surface area (Å²) in [6.07, 6.45) is 5.11. The third-order valence-corrected chi connectivity index (χ3v) is 6.43. The molecule has 0 aromatic heterocycles. The van der Waals surface area contributed by atoms with Crippen LogP contribution in [0, 0.1) is 0 Å². The highest BCUT2D eigenvalue weighted by molar-refractivity contribution is 6.30. The van der Waals surface area contributed by atoms with E-state index in [0.717, 1.165) is 29.3 Å². The van der Waals surface area contributed by atoms with Crippen LogP contribution >= 0.6 is 11.6 Å². The number of hydrogen-bond donors (Lipinski definition) is 0. The van der Waals surface area contributed by atoms with Crippen molar-refractivity contribution in [3.63, 3.8) is 0 Å². The van der Waals surface area contributed by atoms with Gasteiger partial charge in [-0.1, -0.05) is 61.3 Å². The maximum Gasteiger partial charge on any atom is 0.410 e. The Balaban J connectivity index is 1.84. The van der Waals surface area contributed by atoms with Crippen LogP contribution in [0.5, 0.6) is 0 Å². The van der Waals surface area contributed by atoms with Gasteiger partial charge in [0, 0.05) is 44.2 Å². The van der Waals surface area contributed by atoms with Crippen molar-refractivity contribution >= 4 is 45.9 Å². The number of benzene rings is 2. The van der Waals surface area contributed by atoms with Crippen LogP contribution in [-0.2, 0) is 9.53 Å². The summed E-state index contributed by atoms with van der Waals surface area (Å²) in [5.41, 5.74) is 0.828. The summed E-state index contributed by atoms with van der Waals surface area (Å²) in [4.78, 5) is 36.1. The number of allylic oxidation sites excluding steroid dienone is 1. The second-order valence-electron chi connectivity index (χ2n) is 10.4. The molecule has 0 aliphatic carbocycles. The van der Waals surface area contributed by atoms with Crippen LogP contribution in [0.4, 0.5) is 10.5 Å². The smallest absolute Gasteiger partial charge is 0.410 e. The van der Waals surface area contributed by atoms with Crippen LogP contribution in [0.25, 0.3) is 10.8 Å². The predicted molar refractivity (Wildman–Crippen MR) is 157 cm³/mol. The first-order chi connectivity index (χ1) is 18.0. The zero-order valence-corrected chi connectivity index (χ0v) is 24.1. The molecule has 3 rings (SSSR count). The van der Waals surface area contributed by atoms with Crippen LogP contribution in [0.15, 0.2) is 70.3 Å². The molecule has 0 bridgehead atoms. The van der Waals surface area contributed by atoms with Gasteiger partial charge in [0.05, 0.1) is 5.69 Å². The number of ether oxygens (including phenoxy) is 1. The van der Waals surface area contributed by atoms with E-state index >= 15 is 0 Å². The third kappa shape index (κ3) is 7.84. The quantitative estimate of drug-likeness (QED) is 0.180. The second-order valence-corrected chi connectivity index (χ2v) is 10.8. The highest BCUT2D eigenvalue weighted by Gasteiger charge is 2.27. The average Bonchev–Trinajstić information content (AvgIpc) is 2.89. The fraction of sp³-hybridized carbons (Fsp3) is 0.433. The fourth-order valence-electron chi connectivity index (χ4n) is 4.19. The molecule has 0 radical (unpaired) electrons. The molecule has 0 unspecified atom stereocenters. The summed E-state index contributed by atoms with van der Waals surface area (Å²) in [6, 6.07) is 13.9. The number of amidine groups is 1. The number of hydrogen-bond acceptors (Lipinski definition) is 4. The second kappa shape index (κ2) is 13.0. The zero-order valence-electron chi connectivity index (χ0n) is 23.3. The lowest BCUT2D eigenvalue weighted by atomic mass is 10.1. The zero-order chi connectivity index (χ0) is 27.9. The van der Waals surface area contributed by atoms with Gasteiger partial charge in [-0.3, -0.25) is 4.79 Å². The van der Waals surface area contributed by atoms with E-state index in [1.54, 1.807) is 29.8 Å². The molecule has 1 aliphatic rings. The molecule has 0 saturated carbocycles. The number of carbonyl (C=O) groups excluding carboxylic acids is 2. The van der Waals surface area contributed by atoms with Crippen molar-refractivity contribution in [3.8, 4) is 0 Å². The number of halogens is 1. The molecular formula is C30H39ClN4O3. The lowest BCUT2D eigenvalue weighted by Crippen LogP contribution is -2.51. The molecule has 38 heavy (non-hydrogen) atoms. The van der Waals surface area contributed by atoms with Gasteiger partial charge in [0.1, 0.15) is 16.6 Å². The van der Waals surface area contributed by atoms with Crippen LogP contribution in [0.2, 0.25) is 0 Å². The number of nitrogens with zero attached hydrogens (tertiary/aromatic N) is 4. The summed E-state index contributed by atoms with van der Waals surface area (Å²) in [5.74, 6) is 0.471. The highest BCUT2D eigenvalue weighted by atomic mass is 35.5. The van der Waals surface area contributed by atoms with E-state index < -0.39 is 5.60 Å². The SMILES string of the molecule is CCC/C=C(Cl)/N=C(\C=C(/C)C(=O)N(C)c1cccc2ccccc12)N1CCN(C(=O)OC(C)(C)C)CC1. The van der Waals surface area contributed by atoms with Crippen LogP contribution < -0.4 is 4.90 Å². The van der Waals surface area contributed by atoms with E-state index in [0.29, 0.717) is 42.7 Å². The highest BCUT2D eigenvalue weighted by Crippen LogP contribution is 2.27. The minimum atomic E-state index is -0.547. The van der Waals surface area contributed by atoms with Crippen molar-refractivity contribution in [1.82, 2.24) is 9.80 Å². The first-order valence-corrected chi connectivity index (χ1v) is 13.5. The first-order valence-electron chi connectivity index (χ1n) is 13.1. The summed E-state index contributed by atoms with van der Waals surface area (Å²) in [6.45, 7) is 11.5. The normalized spacial score (nSPS) is 15.6. The van der Waals surface area contributed by atoms with E-state index in [9.17, 15) is 9.59 Å².